The molecule has 1 atom stereocenters. The molecule has 1 aromatic rings. The van der Waals surface area contributed by atoms with Crippen LogP contribution in [-0.4, -0.2) is 18.2 Å². The lowest BCUT2D eigenvalue weighted by Gasteiger charge is -2.12. The van der Waals surface area contributed by atoms with Gasteiger partial charge in [-0.3, -0.25) is 0 Å². The van der Waals surface area contributed by atoms with E-state index in [1.54, 1.807) is 18.2 Å². The molecule has 0 aromatic heterocycles. The fourth-order valence-electron chi connectivity index (χ4n) is 1.20. The van der Waals surface area contributed by atoms with Crippen molar-refractivity contribution >= 4 is 11.6 Å². The first-order valence-corrected chi connectivity index (χ1v) is 4.95. The van der Waals surface area contributed by atoms with Crippen molar-refractivity contribution in [1.82, 2.24) is 5.32 Å². The Hall–Kier alpha value is -0.900. The van der Waals surface area contributed by atoms with Crippen LogP contribution in [0.1, 0.15) is 11.7 Å². The van der Waals surface area contributed by atoms with Gasteiger partial charge in [0.1, 0.15) is 5.82 Å². The molecule has 0 saturated heterocycles. The van der Waals surface area contributed by atoms with Crippen molar-refractivity contribution in [3.05, 3.63) is 47.3 Å². The van der Waals surface area contributed by atoms with Crippen molar-refractivity contribution in [3.8, 4) is 0 Å². The average Bonchev–Trinajstić information content (AvgIpc) is 2.17. The molecule has 2 N–H and O–H groups in total. The highest BCUT2D eigenvalue weighted by atomic mass is 35.5. The van der Waals surface area contributed by atoms with E-state index < -0.39 is 11.9 Å². The maximum atomic E-state index is 13.2. The molecule has 15 heavy (non-hydrogen) atoms. The number of rotatable bonds is 5. The van der Waals surface area contributed by atoms with Gasteiger partial charge in [0.25, 0.3) is 0 Å². The van der Waals surface area contributed by atoms with Crippen molar-refractivity contribution in [1.29, 1.82) is 0 Å². The molecule has 0 bridgehead atoms. The lowest BCUT2D eigenvalue weighted by atomic mass is 10.1. The maximum absolute atomic E-state index is 13.2. The first kappa shape index (κ1) is 12.2. The molecule has 1 aromatic carbocycles. The highest BCUT2D eigenvalue weighted by Gasteiger charge is 2.11. The number of benzene rings is 1. The number of aliphatic hydroxyl groups is 1. The third kappa shape index (κ3) is 4.00. The third-order valence-electron chi connectivity index (χ3n) is 1.92. The van der Waals surface area contributed by atoms with E-state index in [-0.39, 0.29) is 12.1 Å². The number of hydrogen-bond donors (Lipinski definition) is 2. The van der Waals surface area contributed by atoms with Gasteiger partial charge >= 0.3 is 0 Å². The molecule has 82 valence electrons. The van der Waals surface area contributed by atoms with Crippen molar-refractivity contribution in [2.24, 2.45) is 0 Å². The quantitative estimate of drug-likeness (QED) is 0.812. The Morgan fingerprint density at radius 2 is 2.20 bits per heavy atom. The summed E-state index contributed by atoms with van der Waals surface area (Å²) in [6.45, 7) is 4.13. The van der Waals surface area contributed by atoms with E-state index in [0.29, 0.717) is 11.6 Å². The Morgan fingerprint density at radius 3 is 2.80 bits per heavy atom. The first-order valence-electron chi connectivity index (χ1n) is 4.57. The van der Waals surface area contributed by atoms with Gasteiger partial charge in [-0.15, -0.1) is 0 Å². The number of aliphatic hydroxyl groups excluding tert-OH is 1. The highest BCUT2D eigenvalue weighted by Crippen LogP contribution is 2.15. The second-order valence-electron chi connectivity index (χ2n) is 3.19. The van der Waals surface area contributed by atoms with Crippen LogP contribution in [0.5, 0.6) is 0 Å². The Morgan fingerprint density at radius 1 is 1.53 bits per heavy atom. The second-order valence-corrected chi connectivity index (χ2v) is 3.72. The van der Waals surface area contributed by atoms with Gasteiger partial charge in [0.05, 0.1) is 6.10 Å². The Balaban J connectivity index is 2.50. The molecule has 1 unspecified atom stereocenters. The molecule has 2 nitrogen and oxygen atoms in total. The molecule has 0 saturated carbocycles. The predicted molar refractivity (Wildman–Crippen MR) is 59.2 cm³/mol. The summed E-state index contributed by atoms with van der Waals surface area (Å²) >= 11 is 5.53. The average molecular weight is 230 g/mol. The van der Waals surface area contributed by atoms with E-state index in [2.05, 4.69) is 11.9 Å². The molecule has 4 heteroatoms. The van der Waals surface area contributed by atoms with Gasteiger partial charge in [-0.25, -0.2) is 4.39 Å². The first-order chi connectivity index (χ1) is 7.11. The molecule has 0 spiro atoms. The molecule has 0 fully saturated rings. The maximum Gasteiger partial charge on any atom is 0.129 e. The van der Waals surface area contributed by atoms with E-state index in [1.807, 2.05) is 0 Å². The SMILES string of the molecule is C=C(Cl)CNCC(O)c1ccccc1F. The van der Waals surface area contributed by atoms with Crippen molar-refractivity contribution in [2.75, 3.05) is 13.1 Å². The molecule has 0 aliphatic carbocycles. The monoisotopic (exact) mass is 229 g/mol. The summed E-state index contributed by atoms with van der Waals surface area (Å²) in [6, 6.07) is 6.14. The van der Waals surface area contributed by atoms with E-state index in [1.165, 1.54) is 6.07 Å². The van der Waals surface area contributed by atoms with Gasteiger partial charge < -0.3 is 10.4 Å². The zero-order valence-corrected chi connectivity index (χ0v) is 8.97. The second kappa shape index (κ2) is 5.85. The Bertz CT molecular complexity index is 343. The van der Waals surface area contributed by atoms with Crippen LogP contribution in [0.15, 0.2) is 35.9 Å². The summed E-state index contributed by atoms with van der Waals surface area (Å²) in [5.74, 6) is -0.406. The summed E-state index contributed by atoms with van der Waals surface area (Å²) in [6.07, 6.45) is -0.873. The van der Waals surface area contributed by atoms with Crippen LogP contribution in [0, 0.1) is 5.82 Å². The lowest BCUT2D eigenvalue weighted by molar-refractivity contribution is 0.171. The number of halogens is 2. The number of nitrogens with one attached hydrogen (secondary N) is 1. The third-order valence-corrected chi connectivity index (χ3v) is 2.05. The minimum atomic E-state index is -0.873. The van der Waals surface area contributed by atoms with Crippen molar-refractivity contribution in [3.63, 3.8) is 0 Å². The fraction of sp³-hybridized carbons (Fsp3) is 0.273. The topological polar surface area (TPSA) is 32.3 Å². The van der Waals surface area contributed by atoms with Crippen LogP contribution >= 0.6 is 11.6 Å². The van der Waals surface area contributed by atoms with Crippen LogP contribution in [0.4, 0.5) is 4.39 Å². The van der Waals surface area contributed by atoms with Crippen LogP contribution < -0.4 is 5.32 Å². The Kier molecular flexibility index (Phi) is 4.75. The minimum Gasteiger partial charge on any atom is -0.387 e. The Labute approximate surface area is 93.4 Å². The zero-order valence-electron chi connectivity index (χ0n) is 8.21. The summed E-state index contributed by atoms with van der Waals surface area (Å²) in [5.41, 5.74) is 0.283. The van der Waals surface area contributed by atoms with Crippen molar-refractivity contribution < 1.29 is 9.50 Å². The normalized spacial score (nSPS) is 12.5. The molecular weight excluding hydrogens is 217 g/mol. The molecule has 0 heterocycles. The summed E-state index contributed by atoms with van der Waals surface area (Å²) < 4.78 is 13.2. The van der Waals surface area contributed by atoms with E-state index in [0.717, 1.165) is 0 Å². The van der Waals surface area contributed by atoms with Gasteiger partial charge in [-0.1, -0.05) is 36.4 Å². The molecule has 1 rings (SSSR count). The molecule has 0 amide bonds. The molecule has 0 aliphatic rings. The van der Waals surface area contributed by atoms with Crippen LogP contribution in [0.2, 0.25) is 0 Å². The van der Waals surface area contributed by atoms with Crippen molar-refractivity contribution in [2.45, 2.75) is 6.10 Å². The van der Waals surface area contributed by atoms with E-state index >= 15 is 0 Å². The zero-order chi connectivity index (χ0) is 11.3. The van der Waals surface area contributed by atoms with Gasteiger partial charge in [0, 0.05) is 23.7 Å². The molecular formula is C11H13ClFNO. The largest absolute Gasteiger partial charge is 0.387 e. The fourth-order valence-corrected chi connectivity index (χ4v) is 1.29. The van der Waals surface area contributed by atoms with Gasteiger partial charge in [0.2, 0.25) is 0 Å². The smallest absolute Gasteiger partial charge is 0.129 e. The summed E-state index contributed by atoms with van der Waals surface area (Å²) in [4.78, 5) is 0. The summed E-state index contributed by atoms with van der Waals surface area (Å²) in [7, 11) is 0. The highest BCUT2D eigenvalue weighted by molar-refractivity contribution is 6.29. The number of hydrogen-bond acceptors (Lipinski definition) is 2. The predicted octanol–water partition coefficient (Wildman–Crippen LogP) is 2.20. The minimum absolute atomic E-state index is 0.243. The van der Waals surface area contributed by atoms with Crippen LogP contribution in [0.3, 0.4) is 0 Å². The molecule has 0 aliphatic heterocycles. The van der Waals surface area contributed by atoms with Gasteiger partial charge in [-0.05, 0) is 6.07 Å². The van der Waals surface area contributed by atoms with Crippen LogP contribution in [-0.2, 0) is 0 Å². The summed E-state index contributed by atoms with van der Waals surface area (Å²) in [5, 5.41) is 13.0. The molecule has 0 radical (unpaired) electrons. The van der Waals surface area contributed by atoms with Gasteiger partial charge in [0.15, 0.2) is 0 Å². The van der Waals surface area contributed by atoms with E-state index in [4.69, 9.17) is 11.6 Å². The van der Waals surface area contributed by atoms with Gasteiger partial charge in [-0.2, -0.15) is 0 Å². The van der Waals surface area contributed by atoms with Crippen LogP contribution in [0.25, 0.3) is 0 Å². The lowest BCUT2D eigenvalue weighted by Crippen LogP contribution is -2.23. The standard InChI is InChI=1S/C11H13ClFNO/c1-8(12)6-14-7-11(15)9-4-2-3-5-10(9)13/h2-5,11,14-15H,1,6-7H2. The van der Waals surface area contributed by atoms with E-state index in [9.17, 15) is 9.50 Å².